The molecule has 0 spiro atoms. The Kier molecular flexibility index (Phi) is 4.17. The Morgan fingerprint density at radius 2 is 2.00 bits per heavy atom. The van der Waals surface area contributed by atoms with Crippen LogP contribution in [0.25, 0.3) is 0 Å². The van der Waals surface area contributed by atoms with Crippen molar-refractivity contribution in [2.45, 2.75) is 19.4 Å². The molecule has 100 valence electrons. The van der Waals surface area contributed by atoms with Crippen LogP contribution in [0.3, 0.4) is 0 Å². The molecular weight excluding hydrogens is 243 g/mol. The zero-order valence-electron chi connectivity index (χ0n) is 11.1. The van der Waals surface area contributed by atoms with Crippen molar-refractivity contribution in [1.82, 2.24) is 0 Å². The average Bonchev–Trinajstić information content (AvgIpc) is 2.39. The van der Waals surface area contributed by atoms with Gasteiger partial charge in [0.2, 0.25) is 0 Å². The third kappa shape index (κ3) is 3.32. The Balaban J connectivity index is 2.18. The van der Waals surface area contributed by atoms with Crippen molar-refractivity contribution >= 4 is 0 Å². The monoisotopic (exact) mass is 260 g/mol. The largest absolute Gasteiger partial charge is 0.494 e. The normalized spacial score (nSPS) is 12.2. The highest BCUT2D eigenvalue weighted by Gasteiger charge is 2.12. The second kappa shape index (κ2) is 5.85. The van der Waals surface area contributed by atoms with Gasteiger partial charge >= 0.3 is 0 Å². The molecule has 19 heavy (non-hydrogen) atoms. The number of aryl methyl sites for hydroxylation is 1. The van der Waals surface area contributed by atoms with E-state index in [2.05, 4.69) is 0 Å². The van der Waals surface area contributed by atoms with Crippen LogP contribution in [0.15, 0.2) is 42.5 Å². The Hall–Kier alpha value is -1.87. The van der Waals surface area contributed by atoms with Gasteiger partial charge in [0.05, 0.1) is 13.2 Å². The van der Waals surface area contributed by atoms with Crippen molar-refractivity contribution in [2.24, 2.45) is 0 Å². The van der Waals surface area contributed by atoms with Crippen molar-refractivity contribution in [2.75, 3.05) is 7.11 Å². The first-order valence-electron chi connectivity index (χ1n) is 6.17. The van der Waals surface area contributed by atoms with Gasteiger partial charge in [0.25, 0.3) is 0 Å². The lowest BCUT2D eigenvalue weighted by molar-refractivity contribution is 0.178. The van der Waals surface area contributed by atoms with Gasteiger partial charge in [-0.25, -0.2) is 4.39 Å². The van der Waals surface area contributed by atoms with E-state index in [0.717, 1.165) is 11.1 Å². The summed E-state index contributed by atoms with van der Waals surface area (Å²) < 4.78 is 18.2. The number of hydrogen-bond donors (Lipinski definition) is 1. The van der Waals surface area contributed by atoms with Crippen molar-refractivity contribution in [3.05, 3.63) is 65.0 Å². The lowest BCUT2D eigenvalue weighted by Crippen LogP contribution is -2.03. The lowest BCUT2D eigenvalue weighted by atomic mass is 10.00. The minimum Gasteiger partial charge on any atom is -0.494 e. The Morgan fingerprint density at radius 1 is 1.21 bits per heavy atom. The molecule has 0 fully saturated rings. The molecule has 0 aliphatic rings. The Labute approximate surface area is 112 Å². The zero-order chi connectivity index (χ0) is 13.8. The third-order valence-electron chi connectivity index (χ3n) is 3.07. The molecule has 3 heteroatoms. The Bertz CT molecular complexity index is 566. The summed E-state index contributed by atoms with van der Waals surface area (Å²) in [5, 5.41) is 10.2. The summed E-state index contributed by atoms with van der Waals surface area (Å²) in [5.74, 6) is -0.269. The fourth-order valence-electron chi connectivity index (χ4n) is 2.06. The topological polar surface area (TPSA) is 29.5 Å². The molecule has 1 unspecified atom stereocenters. The summed E-state index contributed by atoms with van der Waals surface area (Å²) in [7, 11) is 1.41. The molecule has 0 saturated carbocycles. The molecule has 0 amide bonds. The van der Waals surface area contributed by atoms with E-state index in [1.165, 1.54) is 19.2 Å². The standard InChI is InChI=1S/C16H17FO2/c1-11-4-3-5-12(8-11)9-15(18)13-6-7-14(17)16(10-13)19-2/h3-8,10,15,18H,9H2,1-2H3. The number of aliphatic hydroxyl groups excluding tert-OH is 1. The van der Waals surface area contributed by atoms with Gasteiger partial charge in [-0.1, -0.05) is 35.9 Å². The summed E-state index contributed by atoms with van der Waals surface area (Å²) in [5.41, 5.74) is 2.86. The summed E-state index contributed by atoms with van der Waals surface area (Å²) in [6.07, 6.45) is -0.174. The molecule has 2 nitrogen and oxygen atoms in total. The molecule has 0 saturated heterocycles. The van der Waals surface area contributed by atoms with Gasteiger partial charge < -0.3 is 9.84 Å². The van der Waals surface area contributed by atoms with Gasteiger partial charge in [-0.15, -0.1) is 0 Å². The molecule has 1 N–H and O–H groups in total. The van der Waals surface area contributed by atoms with Crippen LogP contribution in [0, 0.1) is 12.7 Å². The van der Waals surface area contributed by atoms with Crippen LogP contribution in [-0.2, 0) is 6.42 Å². The van der Waals surface area contributed by atoms with Gasteiger partial charge in [0, 0.05) is 6.42 Å². The maximum absolute atomic E-state index is 13.3. The van der Waals surface area contributed by atoms with E-state index in [1.807, 2.05) is 31.2 Å². The smallest absolute Gasteiger partial charge is 0.165 e. The summed E-state index contributed by atoms with van der Waals surface area (Å²) in [6.45, 7) is 2.01. The number of hydrogen-bond acceptors (Lipinski definition) is 2. The number of methoxy groups -OCH3 is 1. The molecule has 2 aromatic carbocycles. The van der Waals surface area contributed by atoms with E-state index in [1.54, 1.807) is 6.07 Å². The van der Waals surface area contributed by atoms with Crippen LogP contribution < -0.4 is 4.74 Å². The van der Waals surface area contributed by atoms with Crippen LogP contribution >= 0.6 is 0 Å². The number of rotatable bonds is 4. The predicted molar refractivity (Wildman–Crippen MR) is 72.8 cm³/mol. The highest BCUT2D eigenvalue weighted by atomic mass is 19.1. The lowest BCUT2D eigenvalue weighted by Gasteiger charge is -2.13. The first kappa shape index (κ1) is 13.6. The molecule has 2 rings (SSSR count). The second-order valence-electron chi connectivity index (χ2n) is 4.60. The SMILES string of the molecule is COc1cc(C(O)Cc2cccc(C)c2)ccc1F. The van der Waals surface area contributed by atoms with Crippen molar-refractivity contribution in [3.63, 3.8) is 0 Å². The van der Waals surface area contributed by atoms with Crippen LogP contribution in [0.1, 0.15) is 22.8 Å². The molecule has 1 atom stereocenters. The highest BCUT2D eigenvalue weighted by molar-refractivity contribution is 5.33. The van der Waals surface area contributed by atoms with E-state index in [4.69, 9.17) is 4.74 Å². The fourth-order valence-corrected chi connectivity index (χ4v) is 2.06. The molecule has 0 bridgehead atoms. The van der Waals surface area contributed by atoms with Gasteiger partial charge in [0.15, 0.2) is 11.6 Å². The van der Waals surface area contributed by atoms with E-state index in [0.29, 0.717) is 12.0 Å². The minimum atomic E-state index is -0.670. The fraction of sp³-hybridized carbons (Fsp3) is 0.250. The van der Waals surface area contributed by atoms with Gasteiger partial charge in [-0.05, 0) is 30.2 Å². The quantitative estimate of drug-likeness (QED) is 0.912. The van der Waals surface area contributed by atoms with Gasteiger partial charge in [-0.3, -0.25) is 0 Å². The van der Waals surface area contributed by atoms with Crippen LogP contribution in [-0.4, -0.2) is 12.2 Å². The van der Waals surface area contributed by atoms with Crippen molar-refractivity contribution in [3.8, 4) is 5.75 Å². The average molecular weight is 260 g/mol. The second-order valence-corrected chi connectivity index (χ2v) is 4.60. The summed E-state index contributed by atoms with van der Waals surface area (Å²) in [4.78, 5) is 0. The summed E-state index contributed by atoms with van der Waals surface area (Å²) >= 11 is 0. The first-order chi connectivity index (χ1) is 9.10. The number of ether oxygens (including phenoxy) is 1. The molecule has 0 aromatic heterocycles. The van der Waals surface area contributed by atoms with Crippen LogP contribution in [0.2, 0.25) is 0 Å². The van der Waals surface area contributed by atoms with Crippen LogP contribution in [0.5, 0.6) is 5.75 Å². The molecule has 0 radical (unpaired) electrons. The predicted octanol–water partition coefficient (Wildman–Crippen LogP) is 3.42. The zero-order valence-corrected chi connectivity index (χ0v) is 11.1. The Morgan fingerprint density at radius 3 is 2.68 bits per heavy atom. The first-order valence-corrected chi connectivity index (χ1v) is 6.17. The minimum absolute atomic E-state index is 0.154. The molecule has 0 heterocycles. The molecule has 0 aliphatic heterocycles. The highest BCUT2D eigenvalue weighted by Crippen LogP contribution is 2.25. The maximum atomic E-state index is 13.3. The molecular formula is C16H17FO2. The third-order valence-corrected chi connectivity index (χ3v) is 3.07. The van der Waals surface area contributed by atoms with Gasteiger partial charge in [0.1, 0.15) is 0 Å². The van der Waals surface area contributed by atoms with E-state index >= 15 is 0 Å². The maximum Gasteiger partial charge on any atom is 0.165 e. The summed E-state index contributed by atoms with van der Waals surface area (Å²) in [6, 6.07) is 12.4. The number of halogens is 1. The number of aliphatic hydroxyl groups is 1. The number of benzene rings is 2. The molecule has 2 aromatic rings. The van der Waals surface area contributed by atoms with Crippen LogP contribution in [0.4, 0.5) is 4.39 Å². The molecule has 0 aliphatic carbocycles. The van der Waals surface area contributed by atoms with E-state index < -0.39 is 11.9 Å². The van der Waals surface area contributed by atoms with E-state index in [-0.39, 0.29) is 5.75 Å². The van der Waals surface area contributed by atoms with Gasteiger partial charge in [-0.2, -0.15) is 0 Å². The van der Waals surface area contributed by atoms with Crippen molar-refractivity contribution in [1.29, 1.82) is 0 Å². The van der Waals surface area contributed by atoms with Crippen molar-refractivity contribution < 1.29 is 14.2 Å². The van der Waals surface area contributed by atoms with E-state index in [9.17, 15) is 9.50 Å².